The van der Waals surface area contributed by atoms with Gasteiger partial charge in [0.05, 0.1) is 11.5 Å². The molecule has 27 heavy (non-hydrogen) atoms. The predicted molar refractivity (Wildman–Crippen MR) is 105 cm³/mol. The summed E-state index contributed by atoms with van der Waals surface area (Å²) < 4.78 is 31.8. The molecule has 0 unspecified atom stereocenters. The molecule has 2 aromatic carbocycles. The van der Waals surface area contributed by atoms with E-state index in [1.54, 1.807) is 23.1 Å². The predicted octanol–water partition coefficient (Wildman–Crippen LogP) is 2.60. The van der Waals surface area contributed by atoms with E-state index in [0.29, 0.717) is 19.6 Å². The normalized spacial score (nSPS) is 13.8. The van der Waals surface area contributed by atoms with E-state index in [9.17, 15) is 13.2 Å². The molecular weight excluding hydrogens is 364 g/mol. The molecule has 0 saturated carbocycles. The first kappa shape index (κ1) is 19.1. The molecule has 1 aliphatic rings. The van der Waals surface area contributed by atoms with Gasteiger partial charge in [-0.25, -0.2) is 13.1 Å². The number of nitrogens with one attached hydrogen (secondary N) is 1. The van der Waals surface area contributed by atoms with Gasteiger partial charge in [0.2, 0.25) is 10.0 Å². The van der Waals surface area contributed by atoms with Gasteiger partial charge in [0.15, 0.2) is 0 Å². The van der Waals surface area contributed by atoms with E-state index in [0.717, 1.165) is 22.6 Å². The van der Waals surface area contributed by atoms with Crippen molar-refractivity contribution in [3.8, 4) is 5.75 Å². The lowest BCUT2D eigenvalue weighted by molar-refractivity contribution is -0.114. The van der Waals surface area contributed by atoms with Crippen molar-refractivity contribution in [1.82, 2.24) is 4.72 Å². The van der Waals surface area contributed by atoms with Crippen LogP contribution in [0.15, 0.2) is 53.4 Å². The lowest BCUT2D eigenvalue weighted by Crippen LogP contribution is -2.26. The first-order valence-electron chi connectivity index (χ1n) is 8.74. The van der Waals surface area contributed by atoms with Crippen molar-refractivity contribution in [3.05, 3.63) is 59.7 Å². The van der Waals surface area contributed by atoms with Gasteiger partial charge in [-0.3, -0.25) is 4.79 Å². The van der Waals surface area contributed by atoms with Gasteiger partial charge in [0.25, 0.3) is 5.91 Å². The van der Waals surface area contributed by atoms with Gasteiger partial charge in [0, 0.05) is 23.9 Å². The maximum absolute atomic E-state index is 12.7. The smallest absolute Gasteiger partial charge is 0.251 e. The number of anilines is 1. The van der Waals surface area contributed by atoms with Crippen LogP contribution in [-0.2, 0) is 21.2 Å². The van der Waals surface area contributed by atoms with Gasteiger partial charge in [0.1, 0.15) is 5.75 Å². The van der Waals surface area contributed by atoms with Crippen molar-refractivity contribution in [2.24, 2.45) is 0 Å². The molecule has 2 aromatic rings. The first-order valence-corrected chi connectivity index (χ1v) is 10.2. The zero-order chi connectivity index (χ0) is 19.4. The van der Waals surface area contributed by atoms with Crippen LogP contribution in [0.1, 0.15) is 18.1 Å². The molecule has 0 saturated heterocycles. The molecule has 0 bridgehead atoms. The van der Waals surface area contributed by atoms with E-state index in [-0.39, 0.29) is 10.8 Å². The third-order valence-electron chi connectivity index (χ3n) is 4.42. The topological polar surface area (TPSA) is 75.7 Å². The summed E-state index contributed by atoms with van der Waals surface area (Å²) in [5.41, 5.74) is 2.43. The van der Waals surface area contributed by atoms with Crippen molar-refractivity contribution >= 4 is 27.7 Å². The van der Waals surface area contributed by atoms with Gasteiger partial charge in [-0.2, -0.15) is 0 Å². The number of sulfonamides is 1. The van der Waals surface area contributed by atoms with Crippen LogP contribution in [0.5, 0.6) is 5.75 Å². The van der Waals surface area contributed by atoms with Gasteiger partial charge in [-0.15, -0.1) is 0 Å². The van der Waals surface area contributed by atoms with E-state index < -0.39 is 10.0 Å². The van der Waals surface area contributed by atoms with E-state index in [4.69, 9.17) is 4.74 Å². The third-order valence-corrected chi connectivity index (χ3v) is 5.83. The van der Waals surface area contributed by atoms with Crippen LogP contribution in [0, 0.1) is 0 Å². The summed E-state index contributed by atoms with van der Waals surface area (Å²) in [4.78, 5) is 14.5. The fourth-order valence-corrected chi connectivity index (χ4v) is 3.83. The largest absolute Gasteiger partial charge is 0.493 e. The summed E-state index contributed by atoms with van der Waals surface area (Å²) in [5, 5.41) is 0. The molecule has 3 rings (SSSR count). The second kappa shape index (κ2) is 7.94. The fraction of sp³-hybridized carbons (Fsp3) is 0.250. The average Bonchev–Trinajstić information content (AvgIpc) is 3.10. The number of ether oxygens (including phenoxy) is 1. The van der Waals surface area contributed by atoms with Crippen LogP contribution in [-0.4, -0.2) is 34.5 Å². The molecule has 7 heteroatoms. The SMILES string of the molecule is CCOc1ccccc1/C=C/C(=O)N1CCc2cc(S(=O)(=O)NC)ccc21. The molecule has 1 amide bonds. The van der Waals surface area contributed by atoms with Gasteiger partial charge in [-0.1, -0.05) is 18.2 Å². The minimum atomic E-state index is -3.50. The summed E-state index contributed by atoms with van der Waals surface area (Å²) in [6.45, 7) is 2.99. The van der Waals surface area contributed by atoms with Crippen LogP contribution in [0.25, 0.3) is 6.08 Å². The Morgan fingerprint density at radius 3 is 2.78 bits per heavy atom. The Morgan fingerprint density at radius 2 is 2.04 bits per heavy atom. The molecule has 0 spiro atoms. The lowest BCUT2D eigenvalue weighted by atomic mass is 10.1. The molecule has 0 radical (unpaired) electrons. The molecule has 1 aliphatic heterocycles. The number of rotatable bonds is 6. The molecule has 6 nitrogen and oxygen atoms in total. The maximum atomic E-state index is 12.7. The highest BCUT2D eigenvalue weighted by Crippen LogP contribution is 2.30. The fourth-order valence-electron chi connectivity index (χ4n) is 3.05. The van der Waals surface area contributed by atoms with Crippen LogP contribution < -0.4 is 14.4 Å². The number of hydrogen-bond donors (Lipinski definition) is 1. The number of amides is 1. The van der Waals surface area contributed by atoms with Crippen LogP contribution in [0.3, 0.4) is 0 Å². The Morgan fingerprint density at radius 1 is 1.26 bits per heavy atom. The summed E-state index contributed by atoms with van der Waals surface area (Å²) in [7, 11) is -2.12. The Kier molecular flexibility index (Phi) is 5.62. The zero-order valence-electron chi connectivity index (χ0n) is 15.3. The van der Waals surface area contributed by atoms with Crippen LogP contribution >= 0.6 is 0 Å². The Bertz CT molecular complexity index is 983. The monoisotopic (exact) mass is 386 g/mol. The highest BCUT2D eigenvalue weighted by atomic mass is 32.2. The number of benzene rings is 2. The summed E-state index contributed by atoms with van der Waals surface area (Å²) >= 11 is 0. The summed E-state index contributed by atoms with van der Waals surface area (Å²) in [6.07, 6.45) is 3.88. The number of carbonyl (C=O) groups excluding carboxylic acids is 1. The number of nitrogens with zero attached hydrogens (tertiary/aromatic N) is 1. The molecule has 0 fully saturated rings. The van der Waals surface area contributed by atoms with Crippen molar-refractivity contribution in [3.63, 3.8) is 0 Å². The lowest BCUT2D eigenvalue weighted by Gasteiger charge is -2.15. The molecule has 142 valence electrons. The number of para-hydroxylation sites is 1. The van der Waals surface area contributed by atoms with E-state index in [1.807, 2.05) is 31.2 Å². The van der Waals surface area contributed by atoms with Crippen LogP contribution in [0.4, 0.5) is 5.69 Å². The van der Waals surface area contributed by atoms with Crippen molar-refractivity contribution in [1.29, 1.82) is 0 Å². The molecule has 1 heterocycles. The second-order valence-electron chi connectivity index (χ2n) is 6.04. The second-order valence-corrected chi connectivity index (χ2v) is 7.93. The maximum Gasteiger partial charge on any atom is 0.251 e. The molecule has 0 aromatic heterocycles. The Hall–Kier alpha value is -2.64. The number of carbonyl (C=O) groups is 1. The van der Waals surface area contributed by atoms with Gasteiger partial charge < -0.3 is 9.64 Å². The zero-order valence-corrected chi connectivity index (χ0v) is 16.1. The Labute approximate surface area is 159 Å². The molecule has 1 N–H and O–H groups in total. The quantitative estimate of drug-likeness (QED) is 0.775. The Balaban J connectivity index is 1.81. The van der Waals surface area contributed by atoms with Crippen molar-refractivity contribution in [2.75, 3.05) is 25.1 Å². The first-order chi connectivity index (χ1) is 13.0. The van der Waals surface area contributed by atoms with E-state index in [2.05, 4.69) is 4.72 Å². The highest BCUT2D eigenvalue weighted by molar-refractivity contribution is 7.89. The molecule has 0 atom stereocenters. The molecular formula is C20H22N2O4S. The average molecular weight is 386 g/mol. The highest BCUT2D eigenvalue weighted by Gasteiger charge is 2.25. The van der Waals surface area contributed by atoms with E-state index in [1.165, 1.54) is 19.2 Å². The number of hydrogen-bond acceptors (Lipinski definition) is 4. The summed E-state index contributed by atoms with van der Waals surface area (Å²) in [5.74, 6) is 0.581. The summed E-state index contributed by atoms with van der Waals surface area (Å²) in [6, 6.07) is 12.4. The number of fused-ring (bicyclic) bond motifs is 1. The third kappa shape index (κ3) is 4.04. The standard InChI is InChI=1S/C20H22N2O4S/c1-3-26-19-7-5-4-6-15(19)8-11-20(23)22-13-12-16-14-17(9-10-18(16)22)27(24,25)21-2/h4-11,14,21H,3,12-13H2,1-2H3/b11-8+. The van der Waals surface area contributed by atoms with Crippen molar-refractivity contribution in [2.45, 2.75) is 18.2 Å². The van der Waals surface area contributed by atoms with Crippen molar-refractivity contribution < 1.29 is 17.9 Å². The van der Waals surface area contributed by atoms with Gasteiger partial charge >= 0.3 is 0 Å². The van der Waals surface area contributed by atoms with Crippen LogP contribution in [0.2, 0.25) is 0 Å². The minimum absolute atomic E-state index is 0.149. The molecule has 0 aliphatic carbocycles. The van der Waals surface area contributed by atoms with Gasteiger partial charge in [-0.05, 0) is 56.3 Å². The minimum Gasteiger partial charge on any atom is -0.493 e. The van der Waals surface area contributed by atoms with E-state index >= 15 is 0 Å².